The number of ether oxygens (including phenoxy) is 1. The van der Waals surface area contributed by atoms with Crippen LogP contribution in [0.3, 0.4) is 0 Å². The van der Waals surface area contributed by atoms with E-state index in [0.717, 1.165) is 35.4 Å². The molecule has 0 radical (unpaired) electrons. The van der Waals surface area contributed by atoms with Crippen LogP contribution in [-0.4, -0.2) is 22.4 Å². The third-order valence-electron chi connectivity index (χ3n) is 4.94. The lowest BCUT2D eigenvalue weighted by Crippen LogP contribution is -2.44. The molecule has 0 aliphatic heterocycles. The van der Waals surface area contributed by atoms with Crippen molar-refractivity contribution in [2.75, 3.05) is 6.61 Å². The van der Waals surface area contributed by atoms with Gasteiger partial charge in [-0.2, -0.15) is 0 Å². The summed E-state index contributed by atoms with van der Waals surface area (Å²) in [4.78, 5) is 0. The summed E-state index contributed by atoms with van der Waals surface area (Å²) in [6.45, 7) is 10.1. The number of rotatable bonds is 7. The molecule has 0 aliphatic rings. The molecule has 26 heavy (non-hydrogen) atoms. The topological polar surface area (TPSA) is 38.3 Å². The van der Waals surface area contributed by atoms with Gasteiger partial charge in [0.25, 0.3) is 5.82 Å². The fraction of sp³-hybridized carbons (Fsp3) is 0.409. The molecule has 0 saturated carbocycles. The summed E-state index contributed by atoms with van der Waals surface area (Å²) >= 11 is 0. The summed E-state index contributed by atoms with van der Waals surface area (Å²) in [5.74, 6) is 2.11. The van der Waals surface area contributed by atoms with Crippen molar-refractivity contribution in [3.63, 3.8) is 0 Å². The van der Waals surface area contributed by atoms with Crippen LogP contribution in [0.15, 0.2) is 42.5 Å². The molecule has 3 aromatic rings. The SMILES string of the molecule is CCc1n(CC)c2ccccc2[n+]1CC(O)COc1c(C)cccc1C. The fourth-order valence-corrected chi connectivity index (χ4v) is 3.75. The van der Waals surface area contributed by atoms with E-state index < -0.39 is 6.10 Å². The largest absolute Gasteiger partial charge is 0.490 e. The first-order valence-electron chi connectivity index (χ1n) is 9.43. The van der Waals surface area contributed by atoms with E-state index >= 15 is 0 Å². The molecule has 1 N–H and O–H groups in total. The molecule has 0 saturated heterocycles. The van der Waals surface area contributed by atoms with Crippen molar-refractivity contribution < 1.29 is 14.4 Å². The van der Waals surface area contributed by atoms with Gasteiger partial charge in [0.1, 0.15) is 25.0 Å². The van der Waals surface area contributed by atoms with Crippen molar-refractivity contribution >= 4 is 11.0 Å². The van der Waals surface area contributed by atoms with Crippen molar-refractivity contribution in [2.45, 2.75) is 53.3 Å². The maximum absolute atomic E-state index is 10.7. The Hall–Kier alpha value is -2.33. The van der Waals surface area contributed by atoms with Gasteiger partial charge in [-0.25, -0.2) is 9.13 Å². The molecule has 1 unspecified atom stereocenters. The maximum Gasteiger partial charge on any atom is 0.257 e. The van der Waals surface area contributed by atoms with Gasteiger partial charge >= 0.3 is 0 Å². The summed E-state index contributed by atoms with van der Waals surface area (Å²) in [5, 5.41) is 10.7. The summed E-state index contributed by atoms with van der Waals surface area (Å²) in [6.07, 6.45) is 0.355. The zero-order chi connectivity index (χ0) is 18.7. The van der Waals surface area contributed by atoms with E-state index in [0.29, 0.717) is 6.54 Å². The third-order valence-corrected chi connectivity index (χ3v) is 4.94. The summed E-state index contributed by atoms with van der Waals surface area (Å²) in [7, 11) is 0. The summed E-state index contributed by atoms with van der Waals surface area (Å²) < 4.78 is 10.5. The van der Waals surface area contributed by atoms with Crippen LogP contribution in [0.4, 0.5) is 0 Å². The highest BCUT2D eigenvalue weighted by molar-refractivity contribution is 5.72. The third kappa shape index (κ3) is 3.47. The minimum absolute atomic E-state index is 0.285. The van der Waals surface area contributed by atoms with Crippen LogP contribution in [0.5, 0.6) is 5.75 Å². The molecule has 0 amide bonds. The number of hydrogen-bond acceptors (Lipinski definition) is 2. The van der Waals surface area contributed by atoms with Crippen LogP contribution in [0.2, 0.25) is 0 Å². The molecule has 138 valence electrons. The second-order valence-electron chi connectivity index (χ2n) is 6.80. The Bertz CT molecular complexity index is 878. The molecular formula is C22H29N2O2+. The maximum atomic E-state index is 10.7. The average molecular weight is 353 g/mol. The second-order valence-corrected chi connectivity index (χ2v) is 6.80. The molecule has 3 rings (SSSR count). The lowest BCUT2D eigenvalue weighted by Gasteiger charge is -2.15. The number of imidazole rings is 1. The first kappa shape index (κ1) is 18.5. The smallest absolute Gasteiger partial charge is 0.257 e. The van der Waals surface area contributed by atoms with E-state index in [-0.39, 0.29) is 6.61 Å². The quantitative estimate of drug-likeness (QED) is 0.660. The van der Waals surface area contributed by atoms with Gasteiger partial charge < -0.3 is 9.84 Å². The van der Waals surface area contributed by atoms with Crippen LogP contribution < -0.4 is 9.30 Å². The van der Waals surface area contributed by atoms with E-state index in [1.807, 2.05) is 32.0 Å². The number of aliphatic hydroxyl groups excluding tert-OH is 1. The molecule has 0 bridgehead atoms. The molecule has 1 aromatic heterocycles. The Labute approximate surface area is 155 Å². The van der Waals surface area contributed by atoms with Crippen molar-refractivity contribution in [1.29, 1.82) is 0 Å². The molecule has 2 aromatic carbocycles. The molecule has 0 aliphatic carbocycles. The van der Waals surface area contributed by atoms with Crippen LogP contribution in [0, 0.1) is 13.8 Å². The van der Waals surface area contributed by atoms with Crippen LogP contribution in [-0.2, 0) is 19.5 Å². The zero-order valence-electron chi connectivity index (χ0n) is 16.2. The highest BCUT2D eigenvalue weighted by Crippen LogP contribution is 2.22. The van der Waals surface area contributed by atoms with Gasteiger partial charge in [-0.1, -0.05) is 37.3 Å². The first-order valence-corrected chi connectivity index (χ1v) is 9.43. The predicted octanol–water partition coefficient (Wildman–Crippen LogP) is 3.57. The van der Waals surface area contributed by atoms with Crippen molar-refractivity contribution in [1.82, 2.24) is 4.57 Å². The Balaban J connectivity index is 1.82. The highest BCUT2D eigenvalue weighted by atomic mass is 16.5. The highest BCUT2D eigenvalue weighted by Gasteiger charge is 2.24. The molecule has 1 atom stereocenters. The Morgan fingerprint density at radius 2 is 1.73 bits per heavy atom. The number of fused-ring (bicyclic) bond motifs is 1. The van der Waals surface area contributed by atoms with Gasteiger partial charge in [-0.05, 0) is 44.0 Å². The second kappa shape index (κ2) is 7.92. The number of aliphatic hydroxyl groups is 1. The average Bonchev–Trinajstić information content (AvgIpc) is 2.94. The normalized spacial score (nSPS) is 12.5. The zero-order valence-corrected chi connectivity index (χ0v) is 16.2. The number of para-hydroxylation sites is 3. The standard InChI is InChI=1S/C22H29N2O2/c1-5-21-23(6-2)19-12-7-8-13-20(19)24(21)14-18(25)15-26-22-16(3)10-9-11-17(22)4/h7-13,18,25H,5-6,14-15H2,1-4H3/q+1. The lowest BCUT2D eigenvalue weighted by molar-refractivity contribution is -0.686. The van der Waals surface area contributed by atoms with E-state index in [9.17, 15) is 5.11 Å². The van der Waals surface area contributed by atoms with Gasteiger partial charge in [0.15, 0.2) is 11.0 Å². The summed E-state index contributed by atoms with van der Waals surface area (Å²) in [5.41, 5.74) is 4.58. The van der Waals surface area contributed by atoms with Gasteiger partial charge in [-0.3, -0.25) is 0 Å². The van der Waals surface area contributed by atoms with Crippen molar-refractivity contribution in [3.05, 3.63) is 59.4 Å². The Kier molecular flexibility index (Phi) is 5.62. The number of hydrogen-bond donors (Lipinski definition) is 1. The van der Waals surface area contributed by atoms with Crippen molar-refractivity contribution in [2.24, 2.45) is 0 Å². The fourth-order valence-electron chi connectivity index (χ4n) is 3.75. The van der Waals surface area contributed by atoms with Gasteiger partial charge in [0, 0.05) is 6.42 Å². The molecular weight excluding hydrogens is 324 g/mol. The monoisotopic (exact) mass is 353 g/mol. The number of benzene rings is 2. The first-order chi connectivity index (χ1) is 12.6. The van der Waals surface area contributed by atoms with Gasteiger partial charge in [0.05, 0.1) is 6.54 Å². The lowest BCUT2D eigenvalue weighted by atomic mass is 10.1. The number of aromatic nitrogens is 2. The van der Waals surface area contributed by atoms with Crippen LogP contribution >= 0.6 is 0 Å². The minimum atomic E-state index is -0.569. The minimum Gasteiger partial charge on any atom is -0.490 e. The molecule has 0 fully saturated rings. The molecule has 0 spiro atoms. The van der Waals surface area contributed by atoms with Gasteiger partial charge in [-0.15, -0.1) is 0 Å². The van der Waals surface area contributed by atoms with E-state index in [4.69, 9.17) is 4.74 Å². The molecule has 4 heteroatoms. The Morgan fingerprint density at radius 3 is 2.38 bits per heavy atom. The predicted molar refractivity (Wildman–Crippen MR) is 105 cm³/mol. The van der Waals surface area contributed by atoms with E-state index in [1.54, 1.807) is 0 Å². The van der Waals surface area contributed by atoms with E-state index in [1.165, 1.54) is 11.3 Å². The van der Waals surface area contributed by atoms with Gasteiger partial charge in [0.2, 0.25) is 0 Å². The molecule has 4 nitrogen and oxygen atoms in total. The Morgan fingerprint density at radius 1 is 1.04 bits per heavy atom. The van der Waals surface area contributed by atoms with Crippen LogP contribution in [0.25, 0.3) is 11.0 Å². The number of nitrogens with zero attached hydrogens (tertiary/aromatic N) is 2. The van der Waals surface area contributed by atoms with Crippen LogP contribution in [0.1, 0.15) is 30.8 Å². The van der Waals surface area contributed by atoms with Crippen molar-refractivity contribution in [3.8, 4) is 5.75 Å². The summed E-state index contributed by atoms with van der Waals surface area (Å²) in [6, 6.07) is 14.5. The molecule has 1 heterocycles. The number of aryl methyl sites for hydroxylation is 3. The van der Waals surface area contributed by atoms with E-state index in [2.05, 4.69) is 47.2 Å².